The van der Waals surface area contributed by atoms with Gasteiger partial charge >= 0.3 is 5.97 Å². The van der Waals surface area contributed by atoms with Crippen molar-refractivity contribution in [2.75, 3.05) is 5.75 Å². The first-order valence-corrected chi connectivity index (χ1v) is 8.58. The van der Waals surface area contributed by atoms with Crippen LogP contribution in [0.1, 0.15) is 18.5 Å². The lowest BCUT2D eigenvalue weighted by Gasteiger charge is -2.49. The number of phenolic OH excluding ortho intramolecular Hbond substituents is 1. The minimum absolute atomic E-state index is 0.0120. The van der Waals surface area contributed by atoms with Gasteiger partial charge in [0, 0.05) is 5.75 Å². The lowest BCUT2D eigenvalue weighted by Crippen LogP contribution is -2.71. The molecule has 0 radical (unpaired) electrons. The Hall–Kier alpha value is -2.52. The van der Waals surface area contributed by atoms with Gasteiger partial charge in [0.1, 0.15) is 28.9 Å². The molecular weight excluding hydrogens is 346 g/mol. The molecule has 132 valence electrons. The molecule has 1 saturated heterocycles. The molecule has 0 unspecified atom stereocenters. The highest BCUT2D eigenvalue weighted by molar-refractivity contribution is 8.00. The molecule has 1 fully saturated rings. The van der Waals surface area contributed by atoms with Crippen LogP contribution in [0.15, 0.2) is 35.5 Å². The number of rotatable bonds is 4. The first kappa shape index (κ1) is 17.3. The number of phenols is 1. The fourth-order valence-electron chi connectivity index (χ4n) is 2.85. The van der Waals surface area contributed by atoms with Crippen LogP contribution in [0, 0.1) is 0 Å². The molecule has 2 aliphatic heterocycles. The van der Waals surface area contributed by atoms with E-state index in [1.165, 1.54) is 40.9 Å². The Kier molecular flexibility index (Phi) is 4.44. The normalized spacial score (nSPS) is 23.6. The van der Waals surface area contributed by atoms with Gasteiger partial charge in [-0.15, -0.1) is 11.8 Å². The van der Waals surface area contributed by atoms with Gasteiger partial charge in [0.05, 0.1) is 0 Å². The molecule has 1 aromatic carbocycles. The summed E-state index contributed by atoms with van der Waals surface area (Å²) in [6.07, 6.45) is 0. The molecule has 25 heavy (non-hydrogen) atoms. The molecule has 0 aliphatic carbocycles. The number of carboxylic acids is 1. The van der Waals surface area contributed by atoms with Crippen LogP contribution >= 0.6 is 11.8 Å². The summed E-state index contributed by atoms with van der Waals surface area (Å²) < 4.78 is 0. The van der Waals surface area contributed by atoms with E-state index in [-0.39, 0.29) is 11.4 Å². The van der Waals surface area contributed by atoms with Crippen molar-refractivity contribution in [3.05, 3.63) is 41.1 Å². The van der Waals surface area contributed by atoms with E-state index in [9.17, 15) is 24.6 Å². The van der Waals surface area contributed by atoms with Gasteiger partial charge in [-0.05, 0) is 30.2 Å². The van der Waals surface area contributed by atoms with Crippen LogP contribution in [-0.4, -0.2) is 50.1 Å². The van der Waals surface area contributed by atoms with E-state index in [2.05, 4.69) is 5.32 Å². The van der Waals surface area contributed by atoms with Crippen molar-refractivity contribution in [3.63, 3.8) is 0 Å². The number of fused-ring (bicyclic) bond motifs is 1. The smallest absolute Gasteiger partial charge is 0.352 e. The summed E-state index contributed by atoms with van der Waals surface area (Å²) in [6, 6.07) is 4.09. The average molecular weight is 363 g/mol. The third-order valence-corrected chi connectivity index (χ3v) is 5.62. The highest BCUT2D eigenvalue weighted by Crippen LogP contribution is 2.40. The Balaban J connectivity index is 1.71. The van der Waals surface area contributed by atoms with E-state index in [0.717, 1.165) is 0 Å². The summed E-state index contributed by atoms with van der Waals surface area (Å²) in [7, 11) is 0. The molecule has 0 bridgehead atoms. The molecule has 1 aromatic rings. The van der Waals surface area contributed by atoms with Crippen molar-refractivity contribution in [2.24, 2.45) is 5.73 Å². The molecule has 2 heterocycles. The molecule has 2 aliphatic rings. The second-order valence-electron chi connectivity index (χ2n) is 5.90. The van der Waals surface area contributed by atoms with Gasteiger partial charge < -0.3 is 21.3 Å². The monoisotopic (exact) mass is 363 g/mol. The minimum Gasteiger partial charge on any atom is -0.508 e. The van der Waals surface area contributed by atoms with E-state index in [0.29, 0.717) is 16.9 Å². The molecule has 8 nitrogen and oxygen atoms in total. The Labute approximate surface area is 147 Å². The summed E-state index contributed by atoms with van der Waals surface area (Å²) in [5.41, 5.74) is 7.00. The number of carbonyl (C=O) groups excluding carboxylic acids is 2. The number of aromatic hydroxyl groups is 1. The topological polar surface area (TPSA) is 133 Å². The fraction of sp³-hybridized carbons (Fsp3) is 0.312. The summed E-state index contributed by atoms with van der Waals surface area (Å²) >= 11 is 1.40. The van der Waals surface area contributed by atoms with Gasteiger partial charge in [0.25, 0.3) is 5.91 Å². The minimum atomic E-state index is -1.15. The number of β-lactam (4-membered cyclic amide) rings is 1. The third-order valence-electron chi connectivity index (χ3n) is 4.19. The van der Waals surface area contributed by atoms with Crippen molar-refractivity contribution >= 4 is 29.5 Å². The number of hydrogen-bond acceptors (Lipinski definition) is 6. The second-order valence-corrected chi connectivity index (χ2v) is 7.00. The highest BCUT2D eigenvalue weighted by Gasteiger charge is 2.53. The molecule has 9 heteroatoms. The Bertz CT molecular complexity index is 776. The number of nitrogens with zero attached hydrogens (tertiary/aromatic N) is 1. The number of amides is 2. The number of hydrogen-bond donors (Lipinski definition) is 4. The van der Waals surface area contributed by atoms with Crippen LogP contribution in [0.2, 0.25) is 0 Å². The number of aliphatic carboxylic acids is 1. The number of nitrogens with one attached hydrogen (secondary N) is 1. The molecule has 0 aromatic heterocycles. The van der Waals surface area contributed by atoms with E-state index in [1.807, 2.05) is 0 Å². The quantitative estimate of drug-likeness (QED) is 0.560. The van der Waals surface area contributed by atoms with Crippen molar-refractivity contribution in [1.82, 2.24) is 10.2 Å². The summed E-state index contributed by atoms with van der Waals surface area (Å²) in [5.74, 6) is -1.61. The van der Waals surface area contributed by atoms with Crippen LogP contribution < -0.4 is 11.1 Å². The SMILES string of the molecule is CC1=C(C(=O)O)N2C(=O)[C@@H](NC(=O)[C@@H](N)c3ccc(O)cc3)[C@H]2SC1. The summed E-state index contributed by atoms with van der Waals surface area (Å²) in [4.78, 5) is 37.2. The van der Waals surface area contributed by atoms with Crippen molar-refractivity contribution in [3.8, 4) is 5.75 Å². The second kappa shape index (κ2) is 6.41. The average Bonchev–Trinajstić information content (AvgIpc) is 2.58. The maximum Gasteiger partial charge on any atom is 0.352 e. The molecule has 0 spiro atoms. The van der Waals surface area contributed by atoms with E-state index < -0.39 is 35.2 Å². The lowest BCUT2D eigenvalue weighted by molar-refractivity contribution is -0.150. The third kappa shape index (κ3) is 2.96. The Morgan fingerprint density at radius 2 is 2.00 bits per heavy atom. The van der Waals surface area contributed by atoms with Crippen molar-refractivity contribution in [1.29, 1.82) is 0 Å². The zero-order valence-corrected chi connectivity index (χ0v) is 14.1. The predicted molar refractivity (Wildman–Crippen MR) is 90.4 cm³/mol. The Morgan fingerprint density at radius 1 is 1.36 bits per heavy atom. The van der Waals surface area contributed by atoms with E-state index >= 15 is 0 Å². The van der Waals surface area contributed by atoms with Gasteiger partial charge in [-0.1, -0.05) is 12.1 Å². The van der Waals surface area contributed by atoms with E-state index in [4.69, 9.17) is 5.73 Å². The van der Waals surface area contributed by atoms with Crippen molar-refractivity contribution < 1.29 is 24.6 Å². The van der Waals surface area contributed by atoms with Crippen LogP contribution in [0.5, 0.6) is 5.75 Å². The largest absolute Gasteiger partial charge is 0.508 e. The zero-order chi connectivity index (χ0) is 18.3. The summed E-state index contributed by atoms with van der Waals surface area (Å²) in [6.45, 7) is 1.67. The van der Waals surface area contributed by atoms with Gasteiger partial charge in [-0.2, -0.15) is 0 Å². The van der Waals surface area contributed by atoms with Gasteiger partial charge in [0.15, 0.2) is 0 Å². The maximum absolute atomic E-state index is 12.3. The predicted octanol–water partition coefficient (Wildman–Crippen LogP) is 0.151. The van der Waals surface area contributed by atoms with Crippen molar-refractivity contribution in [2.45, 2.75) is 24.4 Å². The number of nitrogens with two attached hydrogens (primary N) is 1. The van der Waals surface area contributed by atoms with Crippen LogP contribution in [0.4, 0.5) is 0 Å². The van der Waals surface area contributed by atoms with E-state index in [1.54, 1.807) is 6.92 Å². The van der Waals surface area contributed by atoms with Crippen LogP contribution in [0.25, 0.3) is 0 Å². The zero-order valence-electron chi connectivity index (χ0n) is 13.3. The van der Waals surface area contributed by atoms with Crippen LogP contribution in [0.3, 0.4) is 0 Å². The van der Waals surface area contributed by atoms with Gasteiger partial charge in [-0.25, -0.2) is 4.79 Å². The number of thioether (sulfide) groups is 1. The number of benzene rings is 1. The number of carboxylic acid groups (broad SMARTS) is 1. The molecule has 3 atom stereocenters. The molecular formula is C16H17N3O5S. The van der Waals surface area contributed by atoms with Gasteiger partial charge in [0.2, 0.25) is 5.91 Å². The molecule has 0 saturated carbocycles. The lowest BCUT2D eigenvalue weighted by atomic mass is 10.0. The first-order valence-electron chi connectivity index (χ1n) is 7.54. The molecule has 3 rings (SSSR count). The van der Waals surface area contributed by atoms with Gasteiger partial charge in [-0.3, -0.25) is 14.5 Å². The maximum atomic E-state index is 12.3. The summed E-state index contributed by atoms with van der Waals surface area (Å²) in [5, 5.41) is 20.7. The fourth-order valence-corrected chi connectivity index (χ4v) is 4.14. The Morgan fingerprint density at radius 3 is 2.60 bits per heavy atom. The van der Waals surface area contributed by atoms with Crippen LogP contribution in [-0.2, 0) is 14.4 Å². The molecule has 2 amide bonds. The number of carbonyl (C=O) groups is 3. The standard InChI is InChI=1S/C16H17N3O5S/c1-7-6-25-15-11(14(22)19(15)12(7)16(23)24)18-13(21)10(17)8-2-4-9(20)5-3-8/h2-5,10-11,15,20H,6,17H2,1H3,(H,18,21)(H,23,24)/t10-,11+,15+/m0/s1. The molecule has 5 N–H and O–H groups in total. The highest BCUT2D eigenvalue weighted by atomic mass is 32.2. The first-order chi connectivity index (χ1) is 11.8.